The fourth-order valence-electron chi connectivity index (χ4n) is 1.93. The summed E-state index contributed by atoms with van der Waals surface area (Å²) in [6.45, 7) is 0.535. The van der Waals surface area contributed by atoms with Gasteiger partial charge in [0.05, 0.1) is 11.0 Å². The minimum Gasteiger partial charge on any atom is -0.508 e. The molecule has 94 valence electrons. The van der Waals surface area contributed by atoms with Crippen molar-refractivity contribution < 1.29 is 18.6 Å². The second-order valence-electron chi connectivity index (χ2n) is 4.16. The van der Waals surface area contributed by atoms with E-state index in [1.165, 1.54) is 28.6 Å². The number of piperidine rings is 1. The van der Waals surface area contributed by atoms with E-state index in [0.717, 1.165) is 0 Å². The molecule has 1 aliphatic heterocycles. The number of rotatable bonds is 2. The van der Waals surface area contributed by atoms with Gasteiger partial charge in [0.2, 0.25) is 10.0 Å². The average molecular weight is 257 g/mol. The number of hydrogen-bond acceptors (Lipinski definition) is 4. The molecule has 5 nitrogen and oxygen atoms in total. The summed E-state index contributed by atoms with van der Waals surface area (Å²) in [4.78, 5) is 0.0617. The number of phenolic OH excluding ortho intramolecular Hbond substituents is 1. The van der Waals surface area contributed by atoms with Gasteiger partial charge in [0.1, 0.15) is 5.75 Å². The van der Waals surface area contributed by atoms with Gasteiger partial charge in [0.15, 0.2) is 0 Å². The van der Waals surface area contributed by atoms with Gasteiger partial charge in [-0.25, -0.2) is 8.42 Å². The maximum Gasteiger partial charge on any atom is 0.243 e. The number of aliphatic hydroxyl groups is 1. The minimum absolute atomic E-state index is 0.0617. The van der Waals surface area contributed by atoms with E-state index in [0.29, 0.717) is 19.4 Å². The first-order valence-corrected chi connectivity index (χ1v) is 6.91. The third kappa shape index (κ3) is 2.59. The zero-order chi connectivity index (χ0) is 12.5. The maximum atomic E-state index is 12.2. The Hall–Kier alpha value is -1.11. The second kappa shape index (κ2) is 4.64. The van der Waals surface area contributed by atoms with Crippen LogP contribution in [-0.4, -0.2) is 42.1 Å². The van der Waals surface area contributed by atoms with E-state index in [9.17, 15) is 18.6 Å². The summed E-state index contributed by atoms with van der Waals surface area (Å²) in [5.74, 6) is -0.0800. The fraction of sp³-hybridized carbons (Fsp3) is 0.455. The van der Waals surface area contributed by atoms with E-state index in [1.807, 2.05) is 0 Å². The minimum atomic E-state index is -3.60. The van der Waals surface area contributed by atoms with Crippen LogP contribution >= 0.6 is 0 Å². The van der Waals surface area contributed by atoms with Crippen molar-refractivity contribution in [1.82, 2.24) is 4.31 Å². The lowest BCUT2D eigenvalue weighted by molar-refractivity contribution is 0.108. The molecule has 1 atom stereocenters. The SMILES string of the molecule is O=S(=O)(c1cccc(O)c1)N1CCCC(O)C1. The summed E-state index contributed by atoms with van der Waals surface area (Å²) in [7, 11) is -3.60. The number of aliphatic hydroxyl groups excluding tert-OH is 1. The van der Waals surface area contributed by atoms with Crippen LogP contribution in [0.4, 0.5) is 0 Å². The number of sulfonamides is 1. The third-order valence-corrected chi connectivity index (χ3v) is 4.68. The molecule has 2 rings (SSSR count). The standard InChI is InChI=1S/C11H15NO4S/c13-9-3-1-5-11(7-9)17(15,16)12-6-2-4-10(14)8-12/h1,3,5,7,10,13-14H,2,4,6,8H2. The van der Waals surface area contributed by atoms with Crippen LogP contribution in [0.25, 0.3) is 0 Å². The molecule has 1 saturated heterocycles. The molecule has 0 radical (unpaired) electrons. The first-order chi connectivity index (χ1) is 8.00. The normalized spacial score (nSPS) is 22.5. The largest absolute Gasteiger partial charge is 0.508 e. The van der Waals surface area contributed by atoms with Crippen molar-refractivity contribution in [3.8, 4) is 5.75 Å². The molecule has 17 heavy (non-hydrogen) atoms. The van der Waals surface area contributed by atoms with Crippen LogP contribution in [0.5, 0.6) is 5.75 Å². The number of phenols is 1. The molecular weight excluding hydrogens is 242 g/mol. The van der Waals surface area contributed by atoms with Crippen LogP contribution in [0.3, 0.4) is 0 Å². The van der Waals surface area contributed by atoms with Crippen molar-refractivity contribution in [2.45, 2.75) is 23.8 Å². The van der Waals surface area contributed by atoms with Gasteiger partial charge in [-0.2, -0.15) is 4.31 Å². The van der Waals surface area contributed by atoms with Gasteiger partial charge >= 0.3 is 0 Å². The lowest BCUT2D eigenvalue weighted by Gasteiger charge is -2.29. The number of hydrogen-bond donors (Lipinski definition) is 2. The van der Waals surface area contributed by atoms with Crippen LogP contribution in [-0.2, 0) is 10.0 Å². The van der Waals surface area contributed by atoms with Crippen molar-refractivity contribution in [2.24, 2.45) is 0 Å². The van der Waals surface area contributed by atoms with Gasteiger partial charge in [0.25, 0.3) is 0 Å². The van der Waals surface area contributed by atoms with E-state index in [-0.39, 0.29) is 17.2 Å². The molecule has 1 heterocycles. The Labute approximate surface area is 100 Å². The van der Waals surface area contributed by atoms with Gasteiger partial charge in [-0.1, -0.05) is 6.07 Å². The zero-order valence-electron chi connectivity index (χ0n) is 9.28. The molecule has 1 unspecified atom stereocenters. The number of β-amino-alcohol motifs (C(OH)–C–C–N with tert-alkyl or cyclic N) is 1. The Morgan fingerprint density at radius 1 is 1.35 bits per heavy atom. The van der Waals surface area contributed by atoms with Crippen molar-refractivity contribution in [3.63, 3.8) is 0 Å². The van der Waals surface area contributed by atoms with Gasteiger partial charge in [0, 0.05) is 13.1 Å². The highest BCUT2D eigenvalue weighted by Gasteiger charge is 2.29. The van der Waals surface area contributed by atoms with E-state index in [1.54, 1.807) is 0 Å². The summed E-state index contributed by atoms with van der Waals surface area (Å²) in [6.07, 6.45) is 0.682. The lowest BCUT2D eigenvalue weighted by atomic mass is 10.1. The summed E-state index contributed by atoms with van der Waals surface area (Å²) >= 11 is 0. The molecule has 1 aromatic rings. The number of benzene rings is 1. The van der Waals surface area contributed by atoms with Crippen LogP contribution < -0.4 is 0 Å². The molecule has 0 aromatic heterocycles. The summed E-state index contributed by atoms with van der Waals surface area (Å²) in [5.41, 5.74) is 0. The smallest absolute Gasteiger partial charge is 0.243 e. The van der Waals surface area contributed by atoms with Crippen LogP contribution in [0.2, 0.25) is 0 Å². The predicted octanol–water partition coefficient (Wildman–Crippen LogP) is 0.538. The second-order valence-corrected chi connectivity index (χ2v) is 6.09. The van der Waals surface area contributed by atoms with Crippen LogP contribution in [0.15, 0.2) is 29.2 Å². The number of nitrogens with zero attached hydrogens (tertiary/aromatic N) is 1. The molecule has 0 saturated carbocycles. The Kier molecular flexibility index (Phi) is 3.37. The lowest BCUT2D eigenvalue weighted by Crippen LogP contribution is -2.42. The molecule has 0 amide bonds. The van der Waals surface area contributed by atoms with E-state index >= 15 is 0 Å². The number of aromatic hydroxyl groups is 1. The Morgan fingerprint density at radius 3 is 2.76 bits per heavy atom. The molecule has 1 aromatic carbocycles. The quantitative estimate of drug-likeness (QED) is 0.810. The molecule has 1 fully saturated rings. The molecule has 2 N–H and O–H groups in total. The van der Waals surface area contributed by atoms with Crippen molar-refractivity contribution >= 4 is 10.0 Å². The van der Waals surface area contributed by atoms with Crippen LogP contribution in [0.1, 0.15) is 12.8 Å². The summed E-state index contributed by atoms with van der Waals surface area (Å²) < 4.78 is 25.6. The first-order valence-electron chi connectivity index (χ1n) is 5.47. The van der Waals surface area contributed by atoms with Gasteiger partial charge < -0.3 is 10.2 Å². The average Bonchev–Trinajstić information content (AvgIpc) is 2.29. The Bertz CT molecular complexity index is 500. The highest BCUT2D eigenvalue weighted by atomic mass is 32.2. The van der Waals surface area contributed by atoms with Gasteiger partial charge in [-0.05, 0) is 31.0 Å². The topological polar surface area (TPSA) is 77.8 Å². The third-order valence-electron chi connectivity index (χ3n) is 2.81. The molecule has 0 bridgehead atoms. The van der Waals surface area contributed by atoms with Crippen molar-refractivity contribution in [2.75, 3.05) is 13.1 Å². The highest BCUT2D eigenvalue weighted by Crippen LogP contribution is 2.23. The Balaban J connectivity index is 2.29. The monoisotopic (exact) mass is 257 g/mol. The van der Waals surface area contributed by atoms with Gasteiger partial charge in [-0.3, -0.25) is 0 Å². The van der Waals surface area contributed by atoms with Crippen molar-refractivity contribution in [1.29, 1.82) is 0 Å². The zero-order valence-corrected chi connectivity index (χ0v) is 10.1. The maximum absolute atomic E-state index is 12.2. The molecule has 6 heteroatoms. The fourth-order valence-corrected chi connectivity index (χ4v) is 3.49. The molecule has 0 aliphatic carbocycles. The highest BCUT2D eigenvalue weighted by molar-refractivity contribution is 7.89. The molecular formula is C11H15NO4S. The first kappa shape index (κ1) is 12.3. The molecule has 0 spiro atoms. The van der Waals surface area contributed by atoms with Gasteiger partial charge in [-0.15, -0.1) is 0 Å². The van der Waals surface area contributed by atoms with Crippen molar-refractivity contribution in [3.05, 3.63) is 24.3 Å². The Morgan fingerprint density at radius 2 is 2.12 bits per heavy atom. The summed E-state index contributed by atoms with van der Waals surface area (Å²) in [5, 5.41) is 18.8. The predicted molar refractivity (Wildman–Crippen MR) is 62.1 cm³/mol. The molecule has 1 aliphatic rings. The van der Waals surface area contributed by atoms with Crippen LogP contribution in [0, 0.1) is 0 Å². The van der Waals surface area contributed by atoms with E-state index in [2.05, 4.69) is 0 Å². The van der Waals surface area contributed by atoms with E-state index < -0.39 is 16.1 Å². The summed E-state index contributed by atoms with van der Waals surface area (Å²) in [6, 6.07) is 5.57. The van der Waals surface area contributed by atoms with E-state index in [4.69, 9.17) is 0 Å².